The van der Waals surface area contributed by atoms with Gasteiger partial charge in [0.1, 0.15) is 0 Å². The molecule has 18 heavy (non-hydrogen) atoms. The van der Waals surface area contributed by atoms with Crippen LogP contribution in [0.5, 0.6) is 0 Å². The number of rotatable bonds is 2. The molecule has 0 aromatic heterocycles. The molecule has 1 fully saturated rings. The van der Waals surface area contributed by atoms with Crippen LogP contribution in [0.25, 0.3) is 0 Å². The SMILES string of the molecule is Cc1ccc(C)c(C(=O)N2CCNCC2CN)c1. The number of benzene rings is 1. The lowest BCUT2D eigenvalue weighted by Gasteiger charge is -2.36. The molecule has 0 spiro atoms. The predicted molar refractivity (Wildman–Crippen MR) is 72.7 cm³/mol. The van der Waals surface area contributed by atoms with Crippen LogP contribution in [-0.2, 0) is 0 Å². The lowest BCUT2D eigenvalue weighted by Crippen LogP contribution is -2.56. The Hall–Kier alpha value is -1.39. The van der Waals surface area contributed by atoms with Gasteiger partial charge in [-0.15, -0.1) is 0 Å². The highest BCUT2D eigenvalue weighted by molar-refractivity contribution is 5.96. The third kappa shape index (κ3) is 2.54. The highest BCUT2D eigenvalue weighted by atomic mass is 16.2. The van der Waals surface area contributed by atoms with Gasteiger partial charge in [0.2, 0.25) is 0 Å². The Bertz CT molecular complexity index is 445. The maximum absolute atomic E-state index is 12.6. The van der Waals surface area contributed by atoms with E-state index in [1.165, 1.54) is 0 Å². The summed E-state index contributed by atoms with van der Waals surface area (Å²) in [5, 5.41) is 3.27. The number of carbonyl (C=O) groups is 1. The largest absolute Gasteiger partial charge is 0.332 e. The molecule has 3 N–H and O–H groups in total. The van der Waals surface area contributed by atoms with Crippen LogP contribution in [-0.4, -0.2) is 43.0 Å². The number of piperazine rings is 1. The van der Waals surface area contributed by atoms with E-state index >= 15 is 0 Å². The van der Waals surface area contributed by atoms with Crippen molar-refractivity contribution in [3.05, 3.63) is 34.9 Å². The fourth-order valence-electron chi connectivity index (χ4n) is 2.36. The first-order valence-corrected chi connectivity index (χ1v) is 6.42. The lowest BCUT2D eigenvalue weighted by molar-refractivity contribution is 0.0644. The fourth-order valence-corrected chi connectivity index (χ4v) is 2.36. The number of hydrogen-bond acceptors (Lipinski definition) is 3. The van der Waals surface area contributed by atoms with Gasteiger partial charge in [-0.3, -0.25) is 4.79 Å². The van der Waals surface area contributed by atoms with Crippen LogP contribution in [0.15, 0.2) is 18.2 Å². The van der Waals surface area contributed by atoms with E-state index in [9.17, 15) is 4.79 Å². The molecular formula is C14H21N3O. The Kier molecular flexibility index (Phi) is 3.99. The van der Waals surface area contributed by atoms with E-state index in [1.807, 2.05) is 36.9 Å². The highest BCUT2D eigenvalue weighted by Gasteiger charge is 2.26. The Balaban J connectivity index is 2.26. The van der Waals surface area contributed by atoms with Crippen molar-refractivity contribution in [2.75, 3.05) is 26.2 Å². The number of nitrogens with one attached hydrogen (secondary N) is 1. The first kappa shape index (κ1) is 13.1. The predicted octanol–water partition coefficient (Wildman–Crippen LogP) is 0.676. The summed E-state index contributed by atoms with van der Waals surface area (Å²) in [6.07, 6.45) is 0. The average molecular weight is 247 g/mol. The monoisotopic (exact) mass is 247 g/mol. The summed E-state index contributed by atoms with van der Waals surface area (Å²) in [7, 11) is 0. The van der Waals surface area contributed by atoms with E-state index in [-0.39, 0.29) is 11.9 Å². The first-order chi connectivity index (χ1) is 8.63. The highest BCUT2D eigenvalue weighted by Crippen LogP contribution is 2.15. The molecule has 0 bridgehead atoms. The number of nitrogens with two attached hydrogens (primary N) is 1. The van der Waals surface area contributed by atoms with E-state index in [2.05, 4.69) is 5.32 Å². The molecule has 0 aliphatic carbocycles. The van der Waals surface area contributed by atoms with Crippen molar-refractivity contribution in [3.63, 3.8) is 0 Å². The standard InChI is InChI=1S/C14H21N3O/c1-10-3-4-11(2)13(7-10)14(18)17-6-5-16-9-12(17)8-15/h3-4,7,12,16H,5-6,8-9,15H2,1-2H3. The maximum Gasteiger partial charge on any atom is 0.254 e. The van der Waals surface area contributed by atoms with Crippen molar-refractivity contribution >= 4 is 5.91 Å². The molecule has 1 aliphatic heterocycles. The summed E-state index contributed by atoms with van der Waals surface area (Å²) in [6.45, 7) is 6.85. The second-order valence-corrected chi connectivity index (χ2v) is 4.91. The van der Waals surface area contributed by atoms with Gasteiger partial charge < -0.3 is 16.0 Å². The number of nitrogens with zero attached hydrogens (tertiary/aromatic N) is 1. The van der Waals surface area contributed by atoms with Gasteiger partial charge in [-0.2, -0.15) is 0 Å². The molecule has 1 aromatic rings. The number of amides is 1. The topological polar surface area (TPSA) is 58.4 Å². The minimum Gasteiger partial charge on any atom is -0.332 e. The van der Waals surface area contributed by atoms with E-state index in [0.717, 1.165) is 36.3 Å². The van der Waals surface area contributed by atoms with Crippen molar-refractivity contribution in [1.29, 1.82) is 0 Å². The van der Waals surface area contributed by atoms with Gasteiger partial charge in [-0.05, 0) is 25.5 Å². The molecule has 4 heteroatoms. The van der Waals surface area contributed by atoms with Crippen LogP contribution >= 0.6 is 0 Å². The van der Waals surface area contributed by atoms with Crippen molar-refractivity contribution in [2.45, 2.75) is 19.9 Å². The van der Waals surface area contributed by atoms with Crippen LogP contribution < -0.4 is 11.1 Å². The molecule has 0 radical (unpaired) electrons. The number of hydrogen-bond donors (Lipinski definition) is 2. The van der Waals surface area contributed by atoms with Gasteiger partial charge in [0.15, 0.2) is 0 Å². The Morgan fingerprint density at radius 1 is 1.50 bits per heavy atom. The third-order valence-corrected chi connectivity index (χ3v) is 3.51. The molecular weight excluding hydrogens is 226 g/mol. The van der Waals surface area contributed by atoms with Gasteiger partial charge in [-0.1, -0.05) is 17.7 Å². The summed E-state index contributed by atoms with van der Waals surface area (Å²) < 4.78 is 0. The average Bonchev–Trinajstić information content (AvgIpc) is 2.40. The molecule has 1 amide bonds. The summed E-state index contributed by atoms with van der Waals surface area (Å²) in [5.74, 6) is 0.105. The molecule has 1 aliphatic rings. The smallest absolute Gasteiger partial charge is 0.254 e. The van der Waals surface area contributed by atoms with E-state index in [0.29, 0.717) is 6.54 Å². The maximum atomic E-state index is 12.6. The fraction of sp³-hybridized carbons (Fsp3) is 0.500. The quantitative estimate of drug-likeness (QED) is 0.808. The van der Waals surface area contributed by atoms with Crippen LogP contribution in [0.1, 0.15) is 21.5 Å². The van der Waals surface area contributed by atoms with Crippen LogP contribution in [0.2, 0.25) is 0 Å². The van der Waals surface area contributed by atoms with Gasteiger partial charge in [0, 0.05) is 31.7 Å². The van der Waals surface area contributed by atoms with Crippen LogP contribution in [0.4, 0.5) is 0 Å². The second kappa shape index (κ2) is 5.50. The molecule has 1 atom stereocenters. The normalized spacial score (nSPS) is 19.9. The lowest BCUT2D eigenvalue weighted by atomic mass is 10.0. The van der Waals surface area contributed by atoms with Crippen LogP contribution in [0, 0.1) is 13.8 Å². The zero-order valence-corrected chi connectivity index (χ0v) is 11.1. The second-order valence-electron chi connectivity index (χ2n) is 4.91. The van der Waals surface area contributed by atoms with Gasteiger partial charge in [0.05, 0.1) is 6.04 Å². The third-order valence-electron chi connectivity index (χ3n) is 3.51. The summed E-state index contributed by atoms with van der Waals surface area (Å²) in [6, 6.07) is 6.10. The molecule has 1 saturated heterocycles. The van der Waals surface area contributed by atoms with E-state index in [4.69, 9.17) is 5.73 Å². The minimum absolute atomic E-state index is 0.103. The molecule has 1 unspecified atom stereocenters. The van der Waals surface area contributed by atoms with Crippen molar-refractivity contribution in [3.8, 4) is 0 Å². The molecule has 98 valence electrons. The van der Waals surface area contributed by atoms with Gasteiger partial charge >= 0.3 is 0 Å². The van der Waals surface area contributed by atoms with Crippen LogP contribution in [0.3, 0.4) is 0 Å². The minimum atomic E-state index is 0.103. The van der Waals surface area contributed by atoms with Crippen molar-refractivity contribution in [2.24, 2.45) is 5.73 Å². The van der Waals surface area contributed by atoms with E-state index in [1.54, 1.807) is 0 Å². The Morgan fingerprint density at radius 2 is 2.28 bits per heavy atom. The Labute approximate surface area is 108 Å². The molecule has 1 heterocycles. The summed E-state index contributed by atoms with van der Waals surface area (Å²) in [4.78, 5) is 14.5. The molecule has 4 nitrogen and oxygen atoms in total. The summed E-state index contributed by atoms with van der Waals surface area (Å²) in [5.41, 5.74) is 8.69. The summed E-state index contributed by atoms with van der Waals surface area (Å²) >= 11 is 0. The number of carbonyl (C=O) groups excluding carboxylic acids is 1. The molecule has 0 saturated carbocycles. The van der Waals surface area contributed by atoms with E-state index < -0.39 is 0 Å². The molecule has 1 aromatic carbocycles. The zero-order chi connectivity index (χ0) is 13.1. The Morgan fingerprint density at radius 3 is 3.00 bits per heavy atom. The molecule has 2 rings (SSSR count). The van der Waals surface area contributed by atoms with Crippen molar-refractivity contribution in [1.82, 2.24) is 10.2 Å². The van der Waals surface area contributed by atoms with Gasteiger partial charge in [0.25, 0.3) is 5.91 Å². The number of aryl methyl sites for hydroxylation is 2. The zero-order valence-electron chi connectivity index (χ0n) is 11.1. The van der Waals surface area contributed by atoms with Crippen molar-refractivity contribution < 1.29 is 4.79 Å². The van der Waals surface area contributed by atoms with Gasteiger partial charge in [-0.25, -0.2) is 0 Å². The first-order valence-electron chi connectivity index (χ1n) is 6.42.